The van der Waals surface area contributed by atoms with Gasteiger partial charge in [-0.2, -0.15) is 0 Å². The van der Waals surface area contributed by atoms with E-state index in [4.69, 9.17) is 4.74 Å². The van der Waals surface area contributed by atoms with Crippen LogP contribution in [0.25, 0.3) is 0 Å². The van der Waals surface area contributed by atoms with Crippen molar-refractivity contribution < 1.29 is 9.53 Å². The topological polar surface area (TPSA) is 51.2 Å². The van der Waals surface area contributed by atoms with E-state index >= 15 is 0 Å². The van der Waals surface area contributed by atoms with Crippen molar-refractivity contribution in [3.8, 4) is 5.75 Å². The number of ketones is 1. The summed E-state index contributed by atoms with van der Waals surface area (Å²) in [5.74, 6) is 1.03. The van der Waals surface area contributed by atoms with Gasteiger partial charge in [-0.05, 0) is 37.8 Å². The van der Waals surface area contributed by atoms with Gasteiger partial charge in [0.2, 0.25) is 0 Å². The molecule has 1 aromatic rings. The third-order valence-electron chi connectivity index (χ3n) is 4.07. The van der Waals surface area contributed by atoms with Crippen LogP contribution in [0.4, 0.5) is 0 Å². The van der Waals surface area contributed by atoms with Gasteiger partial charge in [0.1, 0.15) is 11.4 Å². The number of pyridine rings is 1. The summed E-state index contributed by atoms with van der Waals surface area (Å²) in [6.07, 6.45) is 5.96. The standard InChI is InChI=1S/C14H18N2O2/c1-18-12-4-5-13(15-8-12)14(17)9-6-10-2-3-11(7-9)16-10/h4-5,8-11,16H,2-3,6-7H2,1H3. The van der Waals surface area contributed by atoms with E-state index in [0.29, 0.717) is 23.5 Å². The Balaban J connectivity index is 1.73. The SMILES string of the molecule is COc1ccc(C(=O)C2CC3CCC(C2)N3)nc1. The fourth-order valence-corrected chi connectivity index (χ4v) is 3.13. The lowest BCUT2D eigenvalue weighted by Gasteiger charge is -2.27. The van der Waals surface area contributed by atoms with Crippen molar-refractivity contribution in [1.82, 2.24) is 10.3 Å². The first-order valence-electron chi connectivity index (χ1n) is 6.56. The molecule has 0 aliphatic carbocycles. The van der Waals surface area contributed by atoms with Gasteiger partial charge in [0, 0.05) is 18.0 Å². The first-order valence-corrected chi connectivity index (χ1v) is 6.56. The van der Waals surface area contributed by atoms with E-state index < -0.39 is 0 Å². The Kier molecular flexibility index (Phi) is 3.04. The number of carbonyl (C=O) groups excluding carboxylic acids is 1. The average Bonchev–Trinajstić information content (AvgIpc) is 2.77. The fraction of sp³-hybridized carbons (Fsp3) is 0.571. The average molecular weight is 246 g/mol. The molecule has 2 saturated heterocycles. The third-order valence-corrected chi connectivity index (χ3v) is 4.07. The first kappa shape index (κ1) is 11.7. The molecule has 0 radical (unpaired) electrons. The number of piperidine rings is 1. The molecular weight excluding hydrogens is 228 g/mol. The van der Waals surface area contributed by atoms with Gasteiger partial charge >= 0.3 is 0 Å². The van der Waals surface area contributed by atoms with Gasteiger partial charge in [-0.3, -0.25) is 4.79 Å². The number of carbonyl (C=O) groups is 1. The van der Waals surface area contributed by atoms with Crippen molar-refractivity contribution in [2.75, 3.05) is 7.11 Å². The molecule has 2 fully saturated rings. The van der Waals surface area contributed by atoms with Crippen molar-refractivity contribution in [1.29, 1.82) is 0 Å². The molecule has 4 nitrogen and oxygen atoms in total. The summed E-state index contributed by atoms with van der Waals surface area (Å²) >= 11 is 0. The largest absolute Gasteiger partial charge is 0.495 e. The van der Waals surface area contributed by atoms with Crippen LogP contribution in [0.3, 0.4) is 0 Å². The molecular formula is C14H18N2O2. The molecule has 2 unspecified atom stereocenters. The van der Waals surface area contributed by atoms with Gasteiger partial charge in [0.05, 0.1) is 13.3 Å². The Morgan fingerprint density at radius 2 is 2.06 bits per heavy atom. The van der Waals surface area contributed by atoms with Gasteiger partial charge in [-0.25, -0.2) is 4.98 Å². The maximum Gasteiger partial charge on any atom is 0.184 e. The van der Waals surface area contributed by atoms with E-state index in [-0.39, 0.29) is 11.7 Å². The van der Waals surface area contributed by atoms with Crippen molar-refractivity contribution in [3.63, 3.8) is 0 Å². The summed E-state index contributed by atoms with van der Waals surface area (Å²) in [5, 5.41) is 3.55. The zero-order valence-corrected chi connectivity index (χ0v) is 10.6. The van der Waals surface area contributed by atoms with Crippen LogP contribution in [0.2, 0.25) is 0 Å². The molecule has 96 valence electrons. The van der Waals surface area contributed by atoms with E-state index in [2.05, 4.69) is 10.3 Å². The Bertz CT molecular complexity index is 432. The lowest BCUT2D eigenvalue weighted by atomic mass is 9.87. The maximum absolute atomic E-state index is 12.4. The molecule has 3 heterocycles. The summed E-state index contributed by atoms with van der Waals surface area (Å²) in [6, 6.07) is 4.65. The molecule has 2 atom stereocenters. The molecule has 0 aromatic carbocycles. The number of Topliss-reactive ketones (excluding diaryl/α,β-unsaturated/α-hetero) is 1. The zero-order valence-electron chi connectivity index (χ0n) is 10.6. The van der Waals surface area contributed by atoms with Crippen molar-refractivity contribution in [3.05, 3.63) is 24.0 Å². The Hall–Kier alpha value is -1.42. The fourth-order valence-electron chi connectivity index (χ4n) is 3.13. The van der Waals surface area contributed by atoms with Crippen LogP contribution in [-0.4, -0.2) is 30.0 Å². The minimum atomic E-state index is 0.143. The summed E-state index contributed by atoms with van der Waals surface area (Å²) in [5.41, 5.74) is 0.571. The van der Waals surface area contributed by atoms with E-state index in [0.717, 1.165) is 12.8 Å². The third kappa shape index (κ3) is 2.12. The Morgan fingerprint density at radius 1 is 1.33 bits per heavy atom. The summed E-state index contributed by atoms with van der Waals surface area (Å²) in [7, 11) is 1.60. The lowest BCUT2D eigenvalue weighted by Crippen LogP contribution is -2.40. The van der Waals surface area contributed by atoms with E-state index in [1.807, 2.05) is 0 Å². The Morgan fingerprint density at radius 3 is 2.61 bits per heavy atom. The van der Waals surface area contributed by atoms with E-state index in [9.17, 15) is 4.79 Å². The quantitative estimate of drug-likeness (QED) is 0.826. The van der Waals surface area contributed by atoms with Gasteiger partial charge in [-0.1, -0.05) is 0 Å². The highest BCUT2D eigenvalue weighted by Gasteiger charge is 2.37. The smallest absolute Gasteiger partial charge is 0.184 e. The monoisotopic (exact) mass is 246 g/mol. The molecule has 2 bridgehead atoms. The number of ether oxygens (including phenoxy) is 1. The number of hydrogen-bond donors (Lipinski definition) is 1. The minimum Gasteiger partial charge on any atom is -0.495 e. The number of aromatic nitrogens is 1. The molecule has 0 spiro atoms. The van der Waals surface area contributed by atoms with Crippen LogP contribution >= 0.6 is 0 Å². The maximum atomic E-state index is 12.4. The number of nitrogens with zero attached hydrogens (tertiary/aromatic N) is 1. The van der Waals surface area contributed by atoms with E-state index in [1.54, 1.807) is 25.4 Å². The summed E-state index contributed by atoms with van der Waals surface area (Å²) < 4.78 is 5.05. The minimum absolute atomic E-state index is 0.143. The molecule has 0 amide bonds. The number of methoxy groups -OCH3 is 1. The predicted molar refractivity (Wildman–Crippen MR) is 67.8 cm³/mol. The van der Waals surface area contributed by atoms with Crippen LogP contribution < -0.4 is 10.1 Å². The first-order chi connectivity index (χ1) is 8.76. The highest BCUT2D eigenvalue weighted by Crippen LogP contribution is 2.32. The second-order valence-corrected chi connectivity index (χ2v) is 5.25. The molecule has 4 heteroatoms. The Labute approximate surface area is 107 Å². The number of hydrogen-bond acceptors (Lipinski definition) is 4. The normalized spacial score (nSPS) is 30.2. The predicted octanol–water partition coefficient (Wildman–Crippen LogP) is 1.80. The van der Waals surface area contributed by atoms with Crippen LogP contribution in [0.15, 0.2) is 18.3 Å². The highest BCUT2D eigenvalue weighted by molar-refractivity contribution is 5.96. The summed E-state index contributed by atoms with van der Waals surface area (Å²) in [4.78, 5) is 16.6. The van der Waals surface area contributed by atoms with Crippen molar-refractivity contribution >= 4 is 5.78 Å². The number of rotatable bonds is 3. The highest BCUT2D eigenvalue weighted by atomic mass is 16.5. The molecule has 3 rings (SSSR count). The number of fused-ring (bicyclic) bond motifs is 2. The molecule has 1 aromatic heterocycles. The van der Waals surface area contributed by atoms with Gasteiger partial charge in [0.15, 0.2) is 5.78 Å². The van der Waals surface area contributed by atoms with Crippen LogP contribution in [0.5, 0.6) is 5.75 Å². The second kappa shape index (κ2) is 4.69. The van der Waals surface area contributed by atoms with Gasteiger partial charge in [-0.15, -0.1) is 0 Å². The molecule has 2 aliphatic rings. The zero-order chi connectivity index (χ0) is 12.5. The lowest BCUT2D eigenvalue weighted by molar-refractivity contribution is 0.0870. The molecule has 2 aliphatic heterocycles. The van der Waals surface area contributed by atoms with Gasteiger partial charge in [0.25, 0.3) is 0 Å². The van der Waals surface area contributed by atoms with Crippen LogP contribution in [-0.2, 0) is 0 Å². The van der Waals surface area contributed by atoms with Crippen LogP contribution in [0, 0.1) is 5.92 Å². The van der Waals surface area contributed by atoms with Crippen LogP contribution in [0.1, 0.15) is 36.2 Å². The molecule has 1 N–H and O–H groups in total. The van der Waals surface area contributed by atoms with Crippen molar-refractivity contribution in [2.45, 2.75) is 37.8 Å². The summed E-state index contributed by atoms with van der Waals surface area (Å²) in [6.45, 7) is 0. The van der Waals surface area contributed by atoms with Gasteiger partial charge < -0.3 is 10.1 Å². The van der Waals surface area contributed by atoms with E-state index in [1.165, 1.54) is 12.8 Å². The number of nitrogens with one attached hydrogen (secondary N) is 1. The molecule has 0 saturated carbocycles. The molecule has 18 heavy (non-hydrogen) atoms. The van der Waals surface area contributed by atoms with Crippen molar-refractivity contribution in [2.24, 2.45) is 5.92 Å². The second-order valence-electron chi connectivity index (χ2n) is 5.25.